The van der Waals surface area contributed by atoms with E-state index < -0.39 is 0 Å². The highest BCUT2D eigenvalue weighted by atomic mass is 16.5. The van der Waals surface area contributed by atoms with Crippen molar-refractivity contribution in [2.24, 2.45) is 0 Å². The Morgan fingerprint density at radius 2 is 2.33 bits per heavy atom. The highest BCUT2D eigenvalue weighted by molar-refractivity contribution is 4.84. The molecule has 1 atom stereocenters. The van der Waals surface area contributed by atoms with Gasteiger partial charge in [0.15, 0.2) is 0 Å². The van der Waals surface area contributed by atoms with E-state index in [1.807, 2.05) is 0 Å². The maximum atomic E-state index is 8.88. The minimum atomic E-state index is 0.0260. The van der Waals surface area contributed by atoms with Crippen molar-refractivity contribution >= 4 is 0 Å². The van der Waals surface area contributed by atoms with Crippen LogP contribution < -0.4 is 0 Å². The second-order valence-electron chi connectivity index (χ2n) is 3.62. The Balaban J connectivity index is 2.25. The van der Waals surface area contributed by atoms with E-state index in [9.17, 15) is 0 Å². The molecule has 1 fully saturated rings. The van der Waals surface area contributed by atoms with Crippen LogP contribution in [0.5, 0.6) is 0 Å². The van der Waals surface area contributed by atoms with Crippen LogP contribution in [0, 0.1) is 5.92 Å². The van der Waals surface area contributed by atoms with Crippen molar-refractivity contribution in [2.75, 3.05) is 32.8 Å². The minimum Gasteiger partial charge on any atom is -0.394 e. The van der Waals surface area contributed by atoms with E-state index in [1.54, 1.807) is 0 Å². The molecule has 0 aromatic heterocycles. The van der Waals surface area contributed by atoms with Crippen molar-refractivity contribution in [3.8, 4) is 0 Å². The molecule has 1 N–H and O–H groups in total. The van der Waals surface area contributed by atoms with Gasteiger partial charge in [0.05, 0.1) is 19.3 Å². The maximum absolute atomic E-state index is 8.88. The highest BCUT2D eigenvalue weighted by Gasteiger charge is 2.19. The lowest BCUT2D eigenvalue weighted by Crippen LogP contribution is -2.45. The van der Waals surface area contributed by atoms with Gasteiger partial charge in [-0.25, -0.2) is 0 Å². The third kappa shape index (κ3) is 3.09. The van der Waals surface area contributed by atoms with Gasteiger partial charge in [-0.1, -0.05) is 13.8 Å². The molecule has 0 aromatic carbocycles. The number of morpholine rings is 1. The van der Waals surface area contributed by atoms with Gasteiger partial charge in [0, 0.05) is 19.6 Å². The molecule has 0 bridgehead atoms. The SMILES string of the molecule is C[C](C)CN1CCOC(CO)C1. The quantitative estimate of drug-likeness (QED) is 0.664. The molecule has 1 saturated heterocycles. The van der Waals surface area contributed by atoms with Gasteiger partial charge >= 0.3 is 0 Å². The van der Waals surface area contributed by atoms with Crippen LogP contribution in [0.3, 0.4) is 0 Å². The predicted molar refractivity (Wildman–Crippen MR) is 47.9 cm³/mol. The molecule has 0 saturated carbocycles. The lowest BCUT2D eigenvalue weighted by atomic mass is 10.2. The molecular weight excluding hydrogens is 154 g/mol. The predicted octanol–water partition coefficient (Wildman–Crippen LogP) is 0.294. The van der Waals surface area contributed by atoms with Crippen molar-refractivity contribution in [2.45, 2.75) is 20.0 Å². The van der Waals surface area contributed by atoms with E-state index in [1.165, 1.54) is 5.92 Å². The normalized spacial score (nSPS) is 26.5. The lowest BCUT2D eigenvalue weighted by Gasteiger charge is -2.32. The van der Waals surface area contributed by atoms with E-state index >= 15 is 0 Å². The average molecular weight is 172 g/mol. The molecule has 1 unspecified atom stereocenters. The molecule has 1 radical (unpaired) electrons. The first kappa shape index (κ1) is 9.96. The third-order valence-electron chi connectivity index (χ3n) is 1.97. The van der Waals surface area contributed by atoms with Crippen LogP contribution in [-0.4, -0.2) is 49.0 Å². The summed E-state index contributed by atoms with van der Waals surface area (Å²) in [5.41, 5.74) is 0. The van der Waals surface area contributed by atoms with Gasteiger partial charge in [-0.3, -0.25) is 4.90 Å². The Labute approximate surface area is 74.3 Å². The van der Waals surface area contributed by atoms with Gasteiger partial charge in [0.25, 0.3) is 0 Å². The smallest absolute Gasteiger partial charge is 0.0932 e. The molecule has 0 spiro atoms. The van der Waals surface area contributed by atoms with Crippen LogP contribution in [0.1, 0.15) is 13.8 Å². The van der Waals surface area contributed by atoms with Gasteiger partial charge in [0.2, 0.25) is 0 Å². The summed E-state index contributed by atoms with van der Waals surface area (Å²) in [5.74, 6) is 1.41. The van der Waals surface area contributed by atoms with Crippen molar-refractivity contribution in [3.63, 3.8) is 0 Å². The fourth-order valence-corrected chi connectivity index (χ4v) is 1.48. The lowest BCUT2D eigenvalue weighted by molar-refractivity contribution is -0.0513. The van der Waals surface area contributed by atoms with Gasteiger partial charge in [-0.15, -0.1) is 0 Å². The van der Waals surface area contributed by atoms with E-state index in [-0.39, 0.29) is 12.7 Å². The van der Waals surface area contributed by atoms with E-state index in [2.05, 4.69) is 18.7 Å². The Kier molecular flexibility index (Phi) is 3.98. The van der Waals surface area contributed by atoms with E-state index in [0.29, 0.717) is 0 Å². The van der Waals surface area contributed by atoms with Crippen LogP contribution in [0.2, 0.25) is 0 Å². The second-order valence-corrected chi connectivity index (χ2v) is 3.62. The maximum Gasteiger partial charge on any atom is 0.0932 e. The van der Waals surface area contributed by atoms with Crippen molar-refractivity contribution in [1.29, 1.82) is 0 Å². The number of nitrogens with zero attached hydrogens (tertiary/aromatic N) is 1. The number of hydrogen-bond donors (Lipinski definition) is 1. The first-order valence-electron chi connectivity index (χ1n) is 4.46. The average Bonchev–Trinajstić information content (AvgIpc) is 2.03. The van der Waals surface area contributed by atoms with Crippen molar-refractivity contribution in [1.82, 2.24) is 4.90 Å². The summed E-state index contributed by atoms with van der Waals surface area (Å²) in [6.07, 6.45) is 0.0260. The van der Waals surface area contributed by atoms with E-state index in [4.69, 9.17) is 9.84 Å². The number of hydrogen-bond acceptors (Lipinski definition) is 3. The van der Waals surface area contributed by atoms with E-state index in [0.717, 1.165) is 26.2 Å². The molecule has 3 heteroatoms. The summed E-state index contributed by atoms with van der Waals surface area (Å²) in [7, 11) is 0. The molecule has 1 aliphatic heterocycles. The summed E-state index contributed by atoms with van der Waals surface area (Å²) < 4.78 is 5.34. The molecular formula is C9H18NO2. The molecule has 1 aliphatic rings. The van der Waals surface area contributed by atoms with Crippen LogP contribution in [0.4, 0.5) is 0 Å². The molecule has 0 aliphatic carbocycles. The van der Waals surface area contributed by atoms with Gasteiger partial charge in [-0.05, 0) is 5.92 Å². The summed E-state index contributed by atoms with van der Waals surface area (Å²) in [5, 5.41) is 8.88. The zero-order valence-electron chi connectivity index (χ0n) is 7.92. The fraction of sp³-hybridized carbons (Fsp3) is 0.889. The second kappa shape index (κ2) is 4.80. The van der Waals surface area contributed by atoms with Gasteiger partial charge in [-0.2, -0.15) is 0 Å². The topological polar surface area (TPSA) is 32.7 Å². The van der Waals surface area contributed by atoms with Crippen LogP contribution >= 0.6 is 0 Å². The third-order valence-corrected chi connectivity index (χ3v) is 1.97. The Hall–Kier alpha value is -0.120. The monoisotopic (exact) mass is 172 g/mol. The standard InChI is InChI=1S/C9H18NO2/c1-8(2)5-10-3-4-12-9(6-10)7-11/h9,11H,3-7H2,1-2H3. The fourth-order valence-electron chi connectivity index (χ4n) is 1.48. The Morgan fingerprint density at radius 3 is 2.92 bits per heavy atom. The van der Waals surface area contributed by atoms with Gasteiger partial charge < -0.3 is 9.84 Å². The summed E-state index contributed by atoms with van der Waals surface area (Å²) in [4.78, 5) is 2.32. The largest absolute Gasteiger partial charge is 0.394 e. The number of rotatable bonds is 3. The zero-order valence-corrected chi connectivity index (χ0v) is 7.92. The van der Waals surface area contributed by atoms with Crippen molar-refractivity contribution < 1.29 is 9.84 Å². The molecule has 12 heavy (non-hydrogen) atoms. The minimum absolute atomic E-state index is 0.0260. The van der Waals surface area contributed by atoms with Crippen LogP contribution in [0.25, 0.3) is 0 Å². The van der Waals surface area contributed by atoms with Crippen molar-refractivity contribution in [3.05, 3.63) is 5.92 Å². The molecule has 1 rings (SSSR count). The first-order chi connectivity index (χ1) is 5.72. The summed E-state index contributed by atoms with van der Waals surface area (Å²) in [6.45, 7) is 8.02. The molecule has 3 nitrogen and oxygen atoms in total. The number of aliphatic hydroxyl groups is 1. The molecule has 0 aromatic rings. The Bertz CT molecular complexity index is 128. The summed E-state index contributed by atoms with van der Waals surface area (Å²) >= 11 is 0. The highest BCUT2D eigenvalue weighted by Crippen LogP contribution is 2.07. The Morgan fingerprint density at radius 1 is 1.58 bits per heavy atom. The van der Waals surface area contributed by atoms with Crippen LogP contribution in [0.15, 0.2) is 0 Å². The summed E-state index contributed by atoms with van der Waals surface area (Å²) in [6, 6.07) is 0. The van der Waals surface area contributed by atoms with Crippen LogP contribution in [-0.2, 0) is 4.74 Å². The molecule has 1 heterocycles. The molecule has 71 valence electrons. The zero-order chi connectivity index (χ0) is 8.97. The number of ether oxygens (including phenoxy) is 1. The van der Waals surface area contributed by atoms with Gasteiger partial charge in [0.1, 0.15) is 0 Å². The first-order valence-corrected chi connectivity index (χ1v) is 4.46. The molecule has 0 amide bonds. The number of aliphatic hydroxyl groups excluding tert-OH is 1.